The summed E-state index contributed by atoms with van der Waals surface area (Å²) in [5, 5.41) is 9.87. The van der Waals surface area contributed by atoms with E-state index in [-0.39, 0.29) is 0 Å². The van der Waals surface area contributed by atoms with Gasteiger partial charge in [0.25, 0.3) is 0 Å². The number of pyridine rings is 1. The summed E-state index contributed by atoms with van der Waals surface area (Å²) in [4.78, 5) is 8.03. The minimum atomic E-state index is 0.803. The van der Waals surface area contributed by atoms with E-state index in [4.69, 9.17) is 0 Å². The van der Waals surface area contributed by atoms with E-state index in [1.54, 1.807) is 12.4 Å². The van der Waals surface area contributed by atoms with Crippen molar-refractivity contribution in [3.05, 3.63) is 35.1 Å². The largest absolute Gasteiger partial charge is 0.384 e. The lowest BCUT2D eigenvalue weighted by Crippen LogP contribution is -2.06. The van der Waals surface area contributed by atoms with Gasteiger partial charge in [-0.3, -0.25) is 10.1 Å². The molecule has 0 fully saturated rings. The zero-order chi connectivity index (χ0) is 10.5. The van der Waals surface area contributed by atoms with Crippen LogP contribution in [0.5, 0.6) is 0 Å². The van der Waals surface area contributed by atoms with Gasteiger partial charge in [-0.2, -0.15) is 5.10 Å². The Labute approximate surface area is 95.5 Å². The summed E-state index contributed by atoms with van der Waals surface area (Å²) < 4.78 is 0.961. The van der Waals surface area contributed by atoms with E-state index in [2.05, 4.69) is 41.4 Å². The van der Waals surface area contributed by atoms with Crippen molar-refractivity contribution in [3.8, 4) is 0 Å². The number of anilines is 1. The van der Waals surface area contributed by atoms with Crippen LogP contribution in [0.3, 0.4) is 0 Å². The van der Waals surface area contributed by atoms with Crippen LogP contribution >= 0.6 is 15.9 Å². The first kappa shape index (κ1) is 10.1. The summed E-state index contributed by atoms with van der Waals surface area (Å²) in [5.74, 6) is 0.882. The summed E-state index contributed by atoms with van der Waals surface area (Å²) >= 11 is 3.41. The van der Waals surface area contributed by atoms with Crippen LogP contribution in [0.1, 0.15) is 5.82 Å². The Bertz CT molecular complexity index is 414. The van der Waals surface area contributed by atoms with Crippen LogP contribution in [0.2, 0.25) is 0 Å². The van der Waals surface area contributed by atoms with Crippen LogP contribution < -0.4 is 5.32 Å². The van der Waals surface area contributed by atoms with Crippen molar-refractivity contribution < 1.29 is 0 Å². The summed E-state index contributed by atoms with van der Waals surface area (Å²) in [7, 11) is 0. The number of aromatic nitrogens is 4. The van der Waals surface area contributed by atoms with Crippen molar-refractivity contribution in [1.82, 2.24) is 20.2 Å². The van der Waals surface area contributed by atoms with Gasteiger partial charge < -0.3 is 5.32 Å². The predicted molar refractivity (Wildman–Crippen MR) is 60.5 cm³/mol. The van der Waals surface area contributed by atoms with Crippen LogP contribution in [0, 0.1) is 0 Å². The molecule has 0 aliphatic carbocycles. The molecule has 2 rings (SSSR count). The molecule has 0 aromatic carbocycles. The van der Waals surface area contributed by atoms with Gasteiger partial charge in [-0.1, -0.05) is 0 Å². The average molecular weight is 268 g/mol. The second kappa shape index (κ2) is 4.88. The van der Waals surface area contributed by atoms with Crippen LogP contribution in [-0.2, 0) is 6.42 Å². The van der Waals surface area contributed by atoms with Gasteiger partial charge in [-0.05, 0) is 22.0 Å². The van der Waals surface area contributed by atoms with Gasteiger partial charge in [-0.25, -0.2) is 4.98 Å². The van der Waals surface area contributed by atoms with Crippen LogP contribution in [-0.4, -0.2) is 26.7 Å². The maximum atomic E-state index is 4.04. The molecule has 2 aromatic heterocycles. The number of halogens is 1. The quantitative estimate of drug-likeness (QED) is 0.884. The number of rotatable bonds is 4. The zero-order valence-corrected chi connectivity index (χ0v) is 9.53. The summed E-state index contributed by atoms with van der Waals surface area (Å²) in [6.45, 7) is 0.803. The van der Waals surface area contributed by atoms with E-state index in [1.807, 2.05) is 6.07 Å². The van der Waals surface area contributed by atoms with Crippen LogP contribution in [0.15, 0.2) is 29.3 Å². The van der Waals surface area contributed by atoms with Crippen LogP contribution in [0.25, 0.3) is 0 Å². The second-order valence-corrected chi connectivity index (χ2v) is 3.82. The Morgan fingerprint density at radius 2 is 2.40 bits per heavy atom. The Morgan fingerprint density at radius 1 is 1.47 bits per heavy atom. The van der Waals surface area contributed by atoms with Crippen molar-refractivity contribution in [2.75, 3.05) is 11.9 Å². The molecule has 6 heteroatoms. The lowest BCUT2D eigenvalue weighted by Gasteiger charge is -2.06. The Balaban J connectivity index is 1.86. The Hall–Kier alpha value is -1.43. The van der Waals surface area contributed by atoms with Gasteiger partial charge in [0.15, 0.2) is 0 Å². The molecule has 0 bridgehead atoms. The van der Waals surface area contributed by atoms with Crippen molar-refractivity contribution in [2.24, 2.45) is 0 Å². The molecular formula is C9H10BrN5. The molecule has 0 aliphatic rings. The van der Waals surface area contributed by atoms with E-state index in [1.165, 1.54) is 6.33 Å². The molecule has 15 heavy (non-hydrogen) atoms. The first-order valence-corrected chi connectivity index (χ1v) is 5.33. The fourth-order valence-electron chi connectivity index (χ4n) is 1.19. The molecule has 0 amide bonds. The number of nitrogens with one attached hydrogen (secondary N) is 2. The van der Waals surface area contributed by atoms with Gasteiger partial charge >= 0.3 is 0 Å². The third-order valence-corrected chi connectivity index (χ3v) is 2.55. The first-order valence-electron chi connectivity index (χ1n) is 4.54. The van der Waals surface area contributed by atoms with Crippen molar-refractivity contribution >= 4 is 21.6 Å². The van der Waals surface area contributed by atoms with Gasteiger partial charge in [0.05, 0.1) is 10.2 Å². The van der Waals surface area contributed by atoms with E-state index in [0.29, 0.717) is 0 Å². The van der Waals surface area contributed by atoms with Gasteiger partial charge in [0.1, 0.15) is 12.2 Å². The summed E-state index contributed by atoms with van der Waals surface area (Å²) in [5.41, 5.74) is 1.03. The monoisotopic (exact) mass is 267 g/mol. The smallest absolute Gasteiger partial charge is 0.137 e. The normalized spacial score (nSPS) is 10.2. The van der Waals surface area contributed by atoms with E-state index >= 15 is 0 Å². The van der Waals surface area contributed by atoms with Gasteiger partial charge in [0, 0.05) is 25.4 Å². The minimum absolute atomic E-state index is 0.803. The molecule has 2 heterocycles. The maximum absolute atomic E-state index is 4.04. The number of hydrogen-bond acceptors (Lipinski definition) is 4. The molecule has 0 saturated heterocycles. The lowest BCUT2D eigenvalue weighted by atomic mass is 10.3. The highest BCUT2D eigenvalue weighted by Gasteiger charge is 1.99. The average Bonchev–Trinajstić information content (AvgIpc) is 2.74. The fourth-order valence-corrected chi connectivity index (χ4v) is 1.58. The predicted octanol–water partition coefficient (Wildman–Crippen LogP) is 1.62. The number of aromatic amines is 1. The molecule has 0 aliphatic heterocycles. The fraction of sp³-hybridized carbons (Fsp3) is 0.222. The molecule has 2 N–H and O–H groups in total. The van der Waals surface area contributed by atoms with E-state index in [0.717, 1.165) is 29.0 Å². The van der Waals surface area contributed by atoms with E-state index in [9.17, 15) is 0 Å². The zero-order valence-electron chi connectivity index (χ0n) is 7.94. The number of nitrogens with zero attached hydrogens (tertiary/aromatic N) is 3. The molecular weight excluding hydrogens is 258 g/mol. The molecule has 78 valence electrons. The van der Waals surface area contributed by atoms with Gasteiger partial charge in [-0.15, -0.1) is 0 Å². The molecule has 0 unspecified atom stereocenters. The van der Waals surface area contributed by atoms with Crippen molar-refractivity contribution in [1.29, 1.82) is 0 Å². The lowest BCUT2D eigenvalue weighted by molar-refractivity contribution is 0.900. The maximum Gasteiger partial charge on any atom is 0.137 e. The molecule has 0 radical (unpaired) electrons. The summed E-state index contributed by atoms with van der Waals surface area (Å²) in [6, 6.07) is 1.92. The minimum Gasteiger partial charge on any atom is -0.384 e. The van der Waals surface area contributed by atoms with E-state index < -0.39 is 0 Å². The number of hydrogen-bond donors (Lipinski definition) is 2. The third kappa shape index (κ3) is 2.76. The van der Waals surface area contributed by atoms with Gasteiger partial charge in [0.2, 0.25) is 0 Å². The third-order valence-electron chi connectivity index (χ3n) is 1.91. The highest BCUT2D eigenvalue weighted by atomic mass is 79.9. The SMILES string of the molecule is Brc1cnccc1NCCc1ncn[nH]1. The number of H-pyrrole nitrogens is 1. The van der Waals surface area contributed by atoms with Crippen molar-refractivity contribution in [2.45, 2.75) is 6.42 Å². The molecule has 0 saturated carbocycles. The highest BCUT2D eigenvalue weighted by molar-refractivity contribution is 9.10. The molecule has 5 nitrogen and oxygen atoms in total. The van der Waals surface area contributed by atoms with Crippen molar-refractivity contribution in [3.63, 3.8) is 0 Å². The van der Waals surface area contributed by atoms with Crippen LogP contribution in [0.4, 0.5) is 5.69 Å². The summed E-state index contributed by atoms with van der Waals surface area (Å²) in [6.07, 6.45) is 5.84. The second-order valence-electron chi connectivity index (χ2n) is 2.96. The standard InChI is InChI=1S/C9H10BrN5/c10-7-5-11-3-1-8(7)12-4-2-9-13-6-14-15-9/h1,3,5-6H,2,4H2,(H,11,12)(H,13,14,15). The Kier molecular flexibility index (Phi) is 3.29. The topological polar surface area (TPSA) is 66.5 Å². The highest BCUT2D eigenvalue weighted by Crippen LogP contribution is 2.19. The molecule has 0 spiro atoms. The molecule has 0 atom stereocenters. The molecule has 2 aromatic rings. The first-order chi connectivity index (χ1) is 7.36. The Morgan fingerprint density at radius 3 is 3.13 bits per heavy atom.